The molecule has 2 aromatic rings. The molecule has 238 valence electrons. The molecule has 3 rings (SSSR count). The van der Waals surface area contributed by atoms with Crippen LogP contribution in [0.4, 0.5) is 0 Å². The Balaban J connectivity index is 0.000000294. The summed E-state index contributed by atoms with van der Waals surface area (Å²) in [5, 5.41) is 3.51. The molecule has 0 nitrogen and oxygen atoms in total. The monoisotopic (exact) mass is 734 g/mol. The molecule has 0 spiro atoms. The van der Waals surface area contributed by atoms with Crippen LogP contribution in [0.3, 0.4) is 0 Å². The van der Waals surface area contributed by atoms with Gasteiger partial charge >= 0.3 is 0 Å². The Labute approximate surface area is 272 Å². The molecule has 0 aromatic heterocycles. The summed E-state index contributed by atoms with van der Waals surface area (Å²) in [7, 11) is -11.7. The summed E-state index contributed by atoms with van der Waals surface area (Å²) in [5.41, 5.74) is 0. The van der Waals surface area contributed by atoms with Crippen LogP contribution in [0.5, 0.6) is 0 Å². The predicted molar refractivity (Wildman–Crippen MR) is 227 cm³/mol. The van der Waals surface area contributed by atoms with Gasteiger partial charge in [-0.1, -0.05) is 202 Å². The molecule has 10 heteroatoms. The fourth-order valence-corrected chi connectivity index (χ4v) is 320. The predicted octanol–water partition coefficient (Wildman–Crippen LogP) is 9.59. The molecular formula is C32H70Si10. The second kappa shape index (κ2) is 11.7. The van der Waals surface area contributed by atoms with E-state index in [4.69, 9.17) is 0 Å². The summed E-state index contributed by atoms with van der Waals surface area (Å²) in [6.45, 7) is 55.1. The summed E-state index contributed by atoms with van der Waals surface area (Å²) >= 11 is 0. The van der Waals surface area contributed by atoms with Gasteiger partial charge in [0.05, 0.1) is 14.7 Å². The molecule has 0 aliphatic carbocycles. The average Bonchev–Trinajstić information content (AvgIpc) is 2.92. The lowest BCUT2D eigenvalue weighted by Crippen LogP contribution is -2.85. The SMILES string of the molecule is C[Si](C)(C)[Si](C)(C)[Si](C)(C)[Si](C)(C)[Si](C)(C)c1ccccc1.C[Si]1(C)[Si](C)(C)[Si](C)(C)[Si](C)(c2ccccc2)[Si]1(C)C. The zero-order chi connectivity index (χ0) is 33.2. The number of benzene rings is 2. The minimum atomic E-state index is -1.37. The lowest BCUT2D eigenvalue weighted by Gasteiger charge is -2.58. The van der Waals surface area contributed by atoms with Gasteiger partial charge in [-0.05, 0) is 0 Å². The lowest BCUT2D eigenvalue weighted by molar-refractivity contribution is 1.70. The molecule has 1 saturated heterocycles. The zero-order valence-corrected chi connectivity index (χ0v) is 41.8. The first-order chi connectivity index (χ1) is 18.5. The highest BCUT2D eigenvalue weighted by Crippen LogP contribution is 2.51. The van der Waals surface area contributed by atoms with Crippen LogP contribution in [-0.4, -0.2) is 72.1 Å². The number of rotatable bonds is 6. The topological polar surface area (TPSA) is 0 Å². The van der Waals surface area contributed by atoms with E-state index in [-0.39, 0.29) is 0 Å². The van der Waals surface area contributed by atoms with Gasteiger partial charge < -0.3 is 0 Å². The Morgan fingerprint density at radius 1 is 0.381 bits per heavy atom. The molecule has 0 radical (unpaired) electrons. The van der Waals surface area contributed by atoms with Gasteiger partial charge in [0.2, 0.25) is 0 Å². The first-order valence-corrected chi connectivity index (χ1v) is 55.6. The Kier molecular flexibility index (Phi) is 10.8. The van der Waals surface area contributed by atoms with E-state index >= 15 is 0 Å². The Hall–Kier alpha value is 0.609. The van der Waals surface area contributed by atoms with Crippen LogP contribution in [0, 0.1) is 0 Å². The Morgan fingerprint density at radius 3 is 1.05 bits per heavy atom. The molecule has 1 heterocycles. The fourth-order valence-electron chi connectivity index (χ4n) is 8.80. The quantitative estimate of drug-likeness (QED) is 0.260. The van der Waals surface area contributed by atoms with Gasteiger partial charge in [-0.2, -0.15) is 0 Å². The van der Waals surface area contributed by atoms with Gasteiger partial charge in [0.1, 0.15) is 0 Å². The van der Waals surface area contributed by atoms with E-state index in [0.29, 0.717) is 0 Å². The largest absolute Gasteiger partial charge is 0.0735 e. The third kappa shape index (κ3) is 5.30. The Bertz CT molecular complexity index is 1190. The summed E-state index contributed by atoms with van der Waals surface area (Å²) < 4.78 is 0. The van der Waals surface area contributed by atoms with Gasteiger partial charge in [0.15, 0.2) is 0 Å². The Morgan fingerprint density at radius 2 is 0.714 bits per heavy atom. The van der Waals surface area contributed by atoms with Crippen LogP contribution in [0.2, 0.25) is 131 Å². The summed E-state index contributed by atoms with van der Waals surface area (Å²) in [6, 6.07) is 23.3. The van der Waals surface area contributed by atoms with E-state index < -0.39 is 72.1 Å². The zero-order valence-electron chi connectivity index (χ0n) is 31.8. The van der Waals surface area contributed by atoms with E-state index in [2.05, 4.69) is 192 Å². The highest BCUT2D eigenvalue weighted by atomic mass is 30.2. The molecule has 0 atom stereocenters. The molecule has 0 unspecified atom stereocenters. The molecule has 0 saturated carbocycles. The van der Waals surface area contributed by atoms with Gasteiger partial charge in [0, 0.05) is 57.4 Å². The number of hydrogen-bond donors (Lipinski definition) is 0. The van der Waals surface area contributed by atoms with Crippen LogP contribution in [-0.2, 0) is 0 Å². The van der Waals surface area contributed by atoms with Crippen molar-refractivity contribution in [3.05, 3.63) is 60.7 Å². The van der Waals surface area contributed by atoms with Crippen molar-refractivity contribution in [3.63, 3.8) is 0 Å². The molecule has 0 amide bonds. The van der Waals surface area contributed by atoms with Crippen LogP contribution in [0.15, 0.2) is 60.7 Å². The van der Waals surface area contributed by atoms with Crippen molar-refractivity contribution in [1.29, 1.82) is 0 Å². The van der Waals surface area contributed by atoms with Crippen molar-refractivity contribution in [1.82, 2.24) is 0 Å². The number of hydrogen-bond acceptors (Lipinski definition) is 0. The third-order valence-corrected chi connectivity index (χ3v) is 237. The van der Waals surface area contributed by atoms with E-state index in [0.717, 1.165) is 0 Å². The van der Waals surface area contributed by atoms with Gasteiger partial charge in [-0.25, -0.2) is 0 Å². The van der Waals surface area contributed by atoms with E-state index in [1.54, 1.807) is 5.19 Å². The maximum absolute atomic E-state index is 2.82. The van der Waals surface area contributed by atoms with Crippen LogP contribution >= 0.6 is 0 Å². The molecule has 0 bridgehead atoms. The molecule has 2 aromatic carbocycles. The van der Waals surface area contributed by atoms with E-state index in [9.17, 15) is 0 Å². The summed E-state index contributed by atoms with van der Waals surface area (Å²) in [4.78, 5) is 0. The third-order valence-electron chi connectivity index (χ3n) is 16.6. The molecule has 1 aliphatic rings. The van der Waals surface area contributed by atoms with Crippen molar-refractivity contribution >= 4 is 82.4 Å². The second-order valence-electron chi connectivity index (χ2n) is 19.1. The van der Waals surface area contributed by atoms with Crippen molar-refractivity contribution < 1.29 is 0 Å². The smallest absolute Gasteiger partial charge is 0.0711 e. The van der Waals surface area contributed by atoms with E-state index in [1.807, 2.05) is 5.19 Å². The highest BCUT2D eigenvalue weighted by molar-refractivity contribution is 8.14. The van der Waals surface area contributed by atoms with Gasteiger partial charge in [-0.3, -0.25) is 0 Å². The van der Waals surface area contributed by atoms with Gasteiger partial charge in [-0.15, -0.1) is 0 Å². The maximum Gasteiger partial charge on any atom is 0.0711 e. The van der Waals surface area contributed by atoms with Crippen LogP contribution < -0.4 is 10.4 Å². The molecular weight excluding hydrogens is 665 g/mol. The van der Waals surface area contributed by atoms with Crippen molar-refractivity contribution in [3.8, 4) is 0 Å². The normalized spacial score (nSPS) is 21.3. The highest BCUT2D eigenvalue weighted by Gasteiger charge is 2.77. The minimum absolute atomic E-state index is 1.05. The second-order valence-corrected chi connectivity index (χ2v) is 132. The summed E-state index contributed by atoms with van der Waals surface area (Å²) in [6.07, 6.45) is 0. The van der Waals surface area contributed by atoms with Crippen molar-refractivity contribution in [2.24, 2.45) is 0 Å². The average molecular weight is 736 g/mol. The van der Waals surface area contributed by atoms with Crippen molar-refractivity contribution in [2.75, 3.05) is 0 Å². The van der Waals surface area contributed by atoms with E-state index in [1.165, 1.54) is 0 Å². The minimum Gasteiger partial charge on any atom is -0.0735 e. The first-order valence-electron chi connectivity index (χ1n) is 16.6. The fraction of sp³-hybridized carbons (Fsp3) is 0.625. The van der Waals surface area contributed by atoms with Crippen LogP contribution in [0.1, 0.15) is 0 Å². The van der Waals surface area contributed by atoms with Crippen LogP contribution in [0.25, 0.3) is 0 Å². The van der Waals surface area contributed by atoms with Crippen molar-refractivity contribution in [2.45, 2.75) is 131 Å². The lowest BCUT2D eigenvalue weighted by atomic mass is 10.4. The first kappa shape index (κ1) is 38.8. The molecule has 42 heavy (non-hydrogen) atoms. The summed E-state index contributed by atoms with van der Waals surface area (Å²) in [5.74, 6) is 0. The van der Waals surface area contributed by atoms with Gasteiger partial charge in [0.25, 0.3) is 0 Å². The molecule has 1 aliphatic heterocycles. The molecule has 1 fully saturated rings. The maximum atomic E-state index is 2.82. The molecule has 0 N–H and O–H groups in total. The standard InChI is InChI=1S/C17H38Si5.C15H32Si5/c1-18(2,3)20(6,7)22(10,11)21(8,9)19(4,5)17-15-13-12-14-16-17;1-16(2)17(3,4)19(7,8)20(9,18(16,5)6)15-13-11-10-12-14-15/h12-16H,1-11H3;10-14H,1-9H3.